The Bertz CT molecular complexity index is 742. The van der Waals surface area contributed by atoms with Gasteiger partial charge in [0.2, 0.25) is 0 Å². The van der Waals surface area contributed by atoms with Crippen molar-refractivity contribution >= 4 is 15.4 Å². The van der Waals surface area contributed by atoms with Crippen LogP contribution in [-0.4, -0.2) is 40.6 Å². The lowest BCUT2D eigenvalue weighted by atomic mass is 10.3. The lowest BCUT2D eigenvalue weighted by molar-refractivity contribution is 0.120. The van der Waals surface area contributed by atoms with Gasteiger partial charge < -0.3 is 9.84 Å². The number of sulfone groups is 1. The first-order valence-electron chi connectivity index (χ1n) is 6.66. The van der Waals surface area contributed by atoms with Crippen LogP contribution in [-0.2, 0) is 9.84 Å². The molecule has 0 aromatic carbocycles. The molecule has 0 bridgehead atoms. The van der Waals surface area contributed by atoms with Gasteiger partial charge in [-0.1, -0.05) is 0 Å². The van der Waals surface area contributed by atoms with E-state index in [4.69, 9.17) is 4.74 Å². The second-order valence-electron chi connectivity index (χ2n) is 5.98. The Morgan fingerprint density at radius 1 is 1.43 bits per heavy atom. The number of aliphatic hydroxyl groups is 1. The minimum atomic E-state index is -3.57. The summed E-state index contributed by atoms with van der Waals surface area (Å²) in [5.74, 6) is 0.196. The first-order valence-corrected chi connectivity index (χ1v) is 8.14. The third kappa shape index (κ3) is 3.03. The molecule has 6 nitrogen and oxygen atoms in total. The largest absolute Gasteiger partial charge is 0.488 e. The van der Waals surface area contributed by atoms with Crippen LogP contribution in [0.25, 0.3) is 5.52 Å². The fourth-order valence-electron chi connectivity index (χ4n) is 1.79. The van der Waals surface area contributed by atoms with E-state index in [2.05, 4.69) is 5.10 Å². The zero-order chi connectivity index (χ0) is 15.8. The Kier molecular flexibility index (Phi) is 3.99. The van der Waals surface area contributed by atoms with Gasteiger partial charge in [-0.3, -0.25) is 0 Å². The average Bonchev–Trinajstić information content (AvgIpc) is 2.80. The fourth-order valence-corrected chi connectivity index (χ4v) is 3.10. The predicted molar refractivity (Wildman–Crippen MR) is 79.3 cm³/mol. The standard InChI is InChI=1S/C14H20N2O4S/c1-10(17)9-20-12-8-16-11(5-6-15-16)7-13(12)21(18,19)14(2,3)4/h5-8,10,17H,9H2,1-4H3. The number of hydrogen-bond donors (Lipinski definition) is 1. The second kappa shape index (κ2) is 5.31. The van der Waals surface area contributed by atoms with E-state index in [1.54, 1.807) is 50.5 Å². The van der Waals surface area contributed by atoms with Crippen molar-refractivity contribution < 1.29 is 18.3 Å². The topological polar surface area (TPSA) is 80.9 Å². The Labute approximate surface area is 124 Å². The van der Waals surface area contributed by atoms with Crippen molar-refractivity contribution in [3.8, 4) is 5.75 Å². The van der Waals surface area contributed by atoms with E-state index in [1.807, 2.05) is 0 Å². The van der Waals surface area contributed by atoms with Crippen LogP contribution in [0.5, 0.6) is 5.75 Å². The van der Waals surface area contributed by atoms with Gasteiger partial charge in [0.05, 0.1) is 22.6 Å². The highest BCUT2D eigenvalue weighted by atomic mass is 32.2. The number of aromatic nitrogens is 2. The molecule has 2 rings (SSSR count). The summed E-state index contributed by atoms with van der Waals surface area (Å²) in [5.41, 5.74) is 0.669. The molecule has 1 N–H and O–H groups in total. The molecular weight excluding hydrogens is 292 g/mol. The molecule has 2 aromatic heterocycles. The fraction of sp³-hybridized carbons (Fsp3) is 0.500. The molecule has 116 valence electrons. The summed E-state index contributed by atoms with van der Waals surface area (Å²) >= 11 is 0. The Morgan fingerprint density at radius 3 is 2.67 bits per heavy atom. The quantitative estimate of drug-likeness (QED) is 0.928. The van der Waals surface area contributed by atoms with Crippen LogP contribution in [0.3, 0.4) is 0 Å². The molecule has 21 heavy (non-hydrogen) atoms. The third-order valence-corrected chi connectivity index (χ3v) is 5.55. The maximum absolute atomic E-state index is 12.7. The molecule has 0 aliphatic carbocycles. The molecule has 0 aliphatic heterocycles. The van der Waals surface area contributed by atoms with Crippen LogP contribution in [0.1, 0.15) is 27.7 Å². The number of nitrogens with zero attached hydrogens (tertiary/aromatic N) is 2. The molecule has 1 unspecified atom stereocenters. The predicted octanol–water partition coefficient (Wildman–Crippen LogP) is 1.67. The van der Waals surface area contributed by atoms with Gasteiger partial charge in [-0.25, -0.2) is 12.9 Å². The van der Waals surface area contributed by atoms with Crippen molar-refractivity contribution in [3.05, 3.63) is 24.5 Å². The first-order chi connectivity index (χ1) is 9.63. The molecule has 0 spiro atoms. The number of fused-ring (bicyclic) bond motifs is 1. The highest BCUT2D eigenvalue weighted by Gasteiger charge is 2.34. The molecule has 0 aliphatic rings. The van der Waals surface area contributed by atoms with Crippen molar-refractivity contribution in [1.82, 2.24) is 9.61 Å². The summed E-state index contributed by atoms with van der Waals surface area (Å²) in [7, 11) is -3.57. The Morgan fingerprint density at radius 2 is 2.10 bits per heavy atom. The summed E-state index contributed by atoms with van der Waals surface area (Å²) in [6.07, 6.45) is 2.42. The number of pyridine rings is 1. The van der Waals surface area contributed by atoms with Gasteiger partial charge in [0.15, 0.2) is 15.6 Å². The molecule has 1 atom stereocenters. The smallest absolute Gasteiger partial charge is 0.187 e. The Balaban J connectivity index is 2.61. The monoisotopic (exact) mass is 312 g/mol. The van der Waals surface area contributed by atoms with Gasteiger partial charge in [0, 0.05) is 6.20 Å². The van der Waals surface area contributed by atoms with Crippen LogP contribution < -0.4 is 4.74 Å². The van der Waals surface area contributed by atoms with E-state index >= 15 is 0 Å². The van der Waals surface area contributed by atoms with Crippen LogP contribution in [0, 0.1) is 0 Å². The highest BCUT2D eigenvalue weighted by Crippen LogP contribution is 2.33. The number of aliphatic hydroxyl groups excluding tert-OH is 1. The van der Waals surface area contributed by atoms with Crippen molar-refractivity contribution in [3.63, 3.8) is 0 Å². The first kappa shape index (κ1) is 15.8. The van der Waals surface area contributed by atoms with Crippen LogP contribution in [0.2, 0.25) is 0 Å². The average molecular weight is 312 g/mol. The van der Waals surface area contributed by atoms with Crippen molar-refractivity contribution in [2.75, 3.05) is 6.61 Å². The van der Waals surface area contributed by atoms with E-state index in [-0.39, 0.29) is 17.3 Å². The van der Waals surface area contributed by atoms with Gasteiger partial charge in [-0.05, 0) is 39.8 Å². The summed E-state index contributed by atoms with van der Waals surface area (Å²) in [6, 6.07) is 3.27. The van der Waals surface area contributed by atoms with E-state index in [9.17, 15) is 13.5 Å². The third-order valence-electron chi connectivity index (χ3n) is 3.04. The Hall–Kier alpha value is -1.60. The van der Waals surface area contributed by atoms with Crippen molar-refractivity contribution in [2.45, 2.75) is 43.4 Å². The molecule has 2 aromatic rings. The van der Waals surface area contributed by atoms with Gasteiger partial charge in [-0.15, -0.1) is 0 Å². The molecular formula is C14H20N2O4S. The normalized spacial score (nSPS) is 14.3. The SMILES string of the molecule is CC(O)COc1cn2nccc2cc1S(=O)(=O)C(C)(C)C. The maximum Gasteiger partial charge on any atom is 0.187 e. The van der Waals surface area contributed by atoms with Crippen LogP contribution in [0.4, 0.5) is 0 Å². The molecule has 2 heterocycles. The maximum atomic E-state index is 12.7. The van der Waals surface area contributed by atoms with E-state index in [0.29, 0.717) is 5.52 Å². The van der Waals surface area contributed by atoms with Crippen LogP contribution >= 0.6 is 0 Å². The molecule has 0 amide bonds. The lowest BCUT2D eigenvalue weighted by Gasteiger charge is -2.22. The van der Waals surface area contributed by atoms with Crippen molar-refractivity contribution in [2.24, 2.45) is 0 Å². The second-order valence-corrected chi connectivity index (χ2v) is 8.65. The van der Waals surface area contributed by atoms with E-state index in [1.165, 1.54) is 6.20 Å². The molecule has 0 radical (unpaired) electrons. The lowest BCUT2D eigenvalue weighted by Crippen LogP contribution is -2.29. The highest BCUT2D eigenvalue weighted by molar-refractivity contribution is 7.92. The number of rotatable bonds is 4. The number of ether oxygens (including phenoxy) is 1. The van der Waals surface area contributed by atoms with Crippen molar-refractivity contribution in [1.29, 1.82) is 0 Å². The molecule has 0 fully saturated rings. The minimum Gasteiger partial charge on any atom is -0.488 e. The zero-order valence-electron chi connectivity index (χ0n) is 12.6. The van der Waals surface area contributed by atoms with Gasteiger partial charge in [-0.2, -0.15) is 5.10 Å². The van der Waals surface area contributed by atoms with Gasteiger partial charge in [0.25, 0.3) is 0 Å². The van der Waals surface area contributed by atoms with Crippen LogP contribution in [0.15, 0.2) is 29.4 Å². The van der Waals surface area contributed by atoms with E-state index < -0.39 is 20.7 Å². The molecule has 7 heteroatoms. The minimum absolute atomic E-state index is 0.0133. The zero-order valence-corrected chi connectivity index (χ0v) is 13.4. The van der Waals surface area contributed by atoms with E-state index in [0.717, 1.165) is 0 Å². The summed E-state index contributed by atoms with van der Waals surface area (Å²) in [4.78, 5) is 0.114. The summed E-state index contributed by atoms with van der Waals surface area (Å²) in [5, 5.41) is 13.4. The summed E-state index contributed by atoms with van der Waals surface area (Å²) in [6.45, 7) is 6.51. The van der Waals surface area contributed by atoms with Gasteiger partial charge in [0.1, 0.15) is 11.5 Å². The number of hydrogen-bond acceptors (Lipinski definition) is 5. The molecule has 0 saturated carbocycles. The molecule has 0 saturated heterocycles. The van der Waals surface area contributed by atoms with Gasteiger partial charge >= 0.3 is 0 Å². The summed E-state index contributed by atoms with van der Waals surface area (Å²) < 4.78 is 31.5.